The normalized spacial score (nSPS) is 12.7. The summed E-state index contributed by atoms with van der Waals surface area (Å²) < 4.78 is 1.91. The van der Waals surface area contributed by atoms with Gasteiger partial charge in [0.1, 0.15) is 0 Å². The highest BCUT2D eigenvalue weighted by atomic mass is 15.3. The fraction of sp³-hybridized carbons (Fsp3) is 0.294. The molecule has 1 N–H and O–H groups in total. The summed E-state index contributed by atoms with van der Waals surface area (Å²) in [5, 5.41) is 10.3. The third-order valence-corrected chi connectivity index (χ3v) is 4.06. The van der Waals surface area contributed by atoms with Gasteiger partial charge in [0.2, 0.25) is 0 Å². The smallest absolute Gasteiger partial charge is 0.0540 e. The lowest BCUT2D eigenvalue weighted by molar-refractivity contribution is 0.571. The Morgan fingerprint density at radius 1 is 1.19 bits per heavy atom. The van der Waals surface area contributed by atoms with Crippen LogP contribution < -0.4 is 5.32 Å². The van der Waals surface area contributed by atoms with Crippen molar-refractivity contribution < 1.29 is 0 Å². The highest BCUT2D eigenvalue weighted by molar-refractivity contribution is 5.81. The molecule has 2 aromatic heterocycles. The Kier molecular flexibility index (Phi) is 3.71. The van der Waals surface area contributed by atoms with Crippen LogP contribution in [0.3, 0.4) is 0 Å². The molecule has 1 unspecified atom stereocenters. The van der Waals surface area contributed by atoms with Crippen molar-refractivity contribution in [3.05, 3.63) is 59.7 Å². The van der Waals surface area contributed by atoms with Gasteiger partial charge in [0.25, 0.3) is 0 Å². The lowest BCUT2D eigenvalue weighted by Gasteiger charge is -2.14. The van der Waals surface area contributed by atoms with Crippen molar-refractivity contribution in [1.82, 2.24) is 20.1 Å². The van der Waals surface area contributed by atoms with Crippen LogP contribution in [0.4, 0.5) is 0 Å². The lowest BCUT2D eigenvalue weighted by Crippen LogP contribution is -2.18. The summed E-state index contributed by atoms with van der Waals surface area (Å²) in [6.45, 7) is 5.12. The Morgan fingerprint density at radius 3 is 2.81 bits per heavy atom. The molecule has 3 aromatic rings. The second-order valence-corrected chi connectivity index (χ2v) is 5.47. The van der Waals surface area contributed by atoms with Crippen LogP contribution in [0.5, 0.6) is 0 Å². The molecule has 4 nitrogen and oxygen atoms in total. The van der Waals surface area contributed by atoms with E-state index in [0.29, 0.717) is 0 Å². The standard InChI is InChI=1S/C17H20N4/c1-12(17-11-20-21(3)13(17)2)19-9-14-4-5-16-10-18-7-6-15(16)8-14/h4-8,10-12,19H,9H2,1-3H3. The van der Waals surface area contributed by atoms with E-state index in [0.717, 1.165) is 6.54 Å². The van der Waals surface area contributed by atoms with E-state index in [2.05, 4.69) is 47.4 Å². The van der Waals surface area contributed by atoms with Gasteiger partial charge in [-0.1, -0.05) is 12.1 Å². The second kappa shape index (κ2) is 5.66. The summed E-state index contributed by atoms with van der Waals surface area (Å²) in [7, 11) is 1.98. The van der Waals surface area contributed by atoms with Crippen molar-refractivity contribution in [1.29, 1.82) is 0 Å². The van der Waals surface area contributed by atoms with Crippen molar-refractivity contribution in [2.24, 2.45) is 7.05 Å². The summed E-state index contributed by atoms with van der Waals surface area (Å²) in [5.41, 5.74) is 3.74. The second-order valence-electron chi connectivity index (χ2n) is 5.47. The highest BCUT2D eigenvalue weighted by Gasteiger charge is 2.11. The Hall–Kier alpha value is -2.20. The number of hydrogen-bond acceptors (Lipinski definition) is 3. The Labute approximate surface area is 124 Å². The van der Waals surface area contributed by atoms with Crippen LogP contribution in [0.15, 0.2) is 42.9 Å². The van der Waals surface area contributed by atoms with Gasteiger partial charge in [0, 0.05) is 48.7 Å². The minimum absolute atomic E-state index is 0.284. The molecule has 3 rings (SSSR count). The van der Waals surface area contributed by atoms with Crippen molar-refractivity contribution in [2.45, 2.75) is 26.4 Å². The maximum absolute atomic E-state index is 4.30. The van der Waals surface area contributed by atoms with E-state index in [1.807, 2.05) is 36.4 Å². The number of hydrogen-bond donors (Lipinski definition) is 1. The zero-order valence-corrected chi connectivity index (χ0v) is 12.7. The molecule has 0 saturated carbocycles. The number of rotatable bonds is 4. The van der Waals surface area contributed by atoms with Crippen LogP contribution in [-0.2, 0) is 13.6 Å². The van der Waals surface area contributed by atoms with E-state index in [9.17, 15) is 0 Å². The highest BCUT2D eigenvalue weighted by Crippen LogP contribution is 2.18. The Bertz CT molecular complexity index is 760. The van der Waals surface area contributed by atoms with Crippen molar-refractivity contribution >= 4 is 10.8 Å². The van der Waals surface area contributed by atoms with Gasteiger partial charge in [-0.2, -0.15) is 5.10 Å². The van der Waals surface area contributed by atoms with Crippen LogP contribution in [0.1, 0.15) is 29.8 Å². The van der Waals surface area contributed by atoms with E-state index in [4.69, 9.17) is 0 Å². The van der Waals surface area contributed by atoms with Gasteiger partial charge < -0.3 is 5.32 Å². The number of benzene rings is 1. The molecular weight excluding hydrogens is 260 g/mol. The van der Waals surface area contributed by atoms with E-state index in [1.54, 1.807) is 0 Å². The zero-order valence-electron chi connectivity index (χ0n) is 12.7. The van der Waals surface area contributed by atoms with Crippen molar-refractivity contribution in [2.75, 3.05) is 0 Å². The fourth-order valence-corrected chi connectivity index (χ4v) is 2.56. The Balaban J connectivity index is 1.72. The molecule has 0 aliphatic carbocycles. The van der Waals surface area contributed by atoms with Crippen LogP contribution in [-0.4, -0.2) is 14.8 Å². The molecular formula is C17H20N4. The van der Waals surface area contributed by atoms with Gasteiger partial charge in [0.15, 0.2) is 0 Å². The van der Waals surface area contributed by atoms with E-state index in [-0.39, 0.29) is 6.04 Å². The molecule has 21 heavy (non-hydrogen) atoms. The van der Waals surface area contributed by atoms with Crippen LogP contribution in [0, 0.1) is 6.92 Å². The summed E-state index contributed by atoms with van der Waals surface area (Å²) in [4.78, 5) is 4.14. The SMILES string of the molecule is Cc1c(C(C)NCc2ccc3cnccc3c2)cnn1C. The number of aromatic nitrogens is 3. The molecule has 1 aromatic carbocycles. The fourth-order valence-electron chi connectivity index (χ4n) is 2.56. The van der Waals surface area contributed by atoms with Crippen LogP contribution in [0.25, 0.3) is 10.8 Å². The number of nitrogens with one attached hydrogen (secondary N) is 1. The first-order valence-corrected chi connectivity index (χ1v) is 7.19. The average Bonchev–Trinajstić information content (AvgIpc) is 2.84. The number of nitrogens with zero attached hydrogens (tertiary/aromatic N) is 3. The van der Waals surface area contributed by atoms with Crippen LogP contribution >= 0.6 is 0 Å². The monoisotopic (exact) mass is 280 g/mol. The van der Waals surface area contributed by atoms with Gasteiger partial charge in [0.05, 0.1) is 6.20 Å². The summed E-state index contributed by atoms with van der Waals surface area (Å²) in [6.07, 6.45) is 5.67. The molecule has 108 valence electrons. The van der Waals surface area contributed by atoms with E-state index >= 15 is 0 Å². The largest absolute Gasteiger partial charge is 0.306 e. The third kappa shape index (κ3) is 2.81. The first-order chi connectivity index (χ1) is 10.1. The molecule has 0 fully saturated rings. The molecule has 0 bridgehead atoms. The maximum Gasteiger partial charge on any atom is 0.0540 e. The van der Waals surface area contributed by atoms with E-state index < -0.39 is 0 Å². The average molecular weight is 280 g/mol. The molecule has 1 atom stereocenters. The van der Waals surface area contributed by atoms with Gasteiger partial charge in [-0.25, -0.2) is 0 Å². The van der Waals surface area contributed by atoms with Crippen molar-refractivity contribution in [3.63, 3.8) is 0 Å². The molecule has 4 heteroatoms. The van der Waals surface area contributed by atoms with Gasteiger partial charge in [-0.15, -0.1) is 0 Å². The molecule has 0 saturated heterocycles. The minimum atomic E-state index is 0.284. The first-order valence-electron chi connectivity index (χ1n) is 7.19. The quantitative estimate of drug-likeness (QED) is 0.798. The van der Waals surface area contributed by atoms with Gasteiger partial charge in [-0.3, -0.25) is 9.67 Å². The predicted molar refractivity (Wildman–Crippen MR) is 84.9 cm³/mol. The zero-order chi connectivity index (χ0) is 14.8. The molecule has 2 heterocycles. The van der Waals surface area contributed by atoms with E-state index in [1.165, 1.54) is 27.6 Å². The van der Waals surface area contributed by atoms with Gasteiger partial charge >= 0.3 is 0 Å². The molecule has 0 radical (unpaired) electrons. The number of pyridine rings is 1. The predicted octanol–water partition coefficient (Wildman–Crippen LogP) is 3.13. The summed E-state index contributed by atoms with van der Waals surface area (Å²) in [6, 6.07) is 8.83. The number of fused-ring (bicyclic) bond motifs is 1. The number of aryl methyl sites for hydroxylation is 1. The molecule has 0 spiro atoms. The molecule has 0 amide bonds. The third-order valence-electron chi connectivity index (χ3n) is 4.06. The topological polar surface area (TPSA) is 42.7 Å². The summed E-state index contributed by atoms with van der Waals surface area (Å²) >= 11 is 0. The Morgan fingerprint density at radius 2 is 2.05 bits per heavy atom. The maximum atomic E-state index is 4.30. The lowest BCUT2D eigenvalue weighted by atomic mass is 10.1. The van der Waals surface area contributed by atoms with Crippen molar-refractivity contribution in [3.8, 4) is 0 Å². The summed E-state index contributed by atoms with van der Waals surface area (Å²) in [5.74, 6) is 0. The van der Waals surface area contributed by atoms with Crippen LogP contribution in [0.2, 0.25) is 0 Å². The first kappa shape index (κ1) is 13.8. The minimum Gasteiger partial charge on any atom is -0.306 e. The molecule has 0 aliphatic rings. The molecule has 0 aliphatic heterocycles. The van der Waals surface area contributed by atoms with Gasteiger partial charge in [-0.05, 0) is 36.9 Å².